The van der Waals surface area contributed by atoms with E-state index in [0.717, 1.165) is 5.56 Å². The van der Waals surface area contributed by atoms with E-state index < -0.39 is 5.60 Å². The fourth-order valence-electron chi connectivity index (χ4n) is 1.93. The van der Waals surface area contributed by atoms with Crippen LogP contribution in [0.15, 0.2) is 30.3 Å². The largest absolute Gasteiger partial charge is 0.444 e. The van der Waals surface area contributed by atoms with Crippen LogP contribution in [0.3, 0.4) is 0 Å². The maximum atomic E-state index is 12.4. The van der Waals surface area contributed by atoms with Crippen molar-refractivity contribution < 1.29 is 24.1 Å². The molecule has 0 bridgehead atoms. The molecule has 0 atom stereocenters. The van der Waals surface area contributed by atoms with Crippen LogP contribution in [-0.4, -0.2) is 61.3 Å². The van der Waals surface area contributed by atoms with E-state index in [0.29, 0.717) is 39.5 Å². The number of nitrogens with zero attached hydrogens (tertiary/aromatic N) is 1. The van der Waals surface area contributed by atoms with Gasteiger partial charge in [-0.05, 0) is 26.3 Å². The van der Waals surface area contributed by atoms with Gasteiger partial charge in [0, 0.05) is 13.1 Å². The second kappa shape index (κ2) is 11.0. The van der Waals surface area contributed by atoms with Crippen molar-refractivity contribution in [1.82, 2.24) is 4.90 Å². The summed E-state index contributed by atoms with van der Waals surface area (Å²) < 4.78 is 16.1. The lowest BCUT2D eigenvalue weighted by Gasteiger charge is -2.27. The first kappa shape index (κ1) is 20.4. The van der Waals surface area contributed by atoms with E-state index in [2.05, 4.69) is 0 Å². The molecule has 1 N–H and O–H groups in total. The van der Waals surface area contributed by atoms with Crippen molar-refractivity contribution >= 4 is 6.09 Å². The molecule has 0 radical (unpaired) electrons. The van der Waals surface area contributed by atoms with E-state index in [1.807, 2.05) is 51.1 Å². The number of carbonyl (C=O) groups is 1. The molecule has 0 aliphatic rings. The van der Waals surface area contributed by atoms with Crippen molar-refractivity contribution in [1.29, 1.82) is 0 Å². The van der Waals surface area contributed by atoms with Crippen LogP contribution in [-0.2, 0) is 20.8 Å². The zero-order chi connectivity index (χ0) is 17.8. The monoisotopic (exact) mass is 339 g/mol. The van der Waals surface area contributed by atoms with Gasteiger partial charge in [0.2, 0.25) is 0 Å². The molecule has 0 heterocycles. The summed E-state index contributed by atoms with van der Waals surface area (Å²) in [6.45, 7) is 8.00. The van der Waals surface area contributed by atoms with Crippen molar-refractivity contribution in [3.63, 3.8) is 0 Å². The lowest BCUT2D eigenvalue weighted by molar-refractivity contribution is 0.00630. The standard InChI is InChI=1S/C18H29NO5/c1-18(2,3)24-17(21)19(15-16-7-5-4-6-8-16)9-11-22-13-14-23-12-10-20/h4-8,20H,9-15H2,1-3H3. The van der Waals surface area contributed by atoms with E-state index in [-0.39, 0.29) is 12.7 Å². The molecule has 0 aliphatic heterocycles. The zero-order valence-electron chi connectivity index (χ0n) is 14.9. The topological polar surface area (TPSA) is 68.2 Å². The average molecular weight is 339 g/mol. The van der Waals surface area contributed by atoms with Gasteiger partial charge in [0.1, 0.15) is 5.60 Å². The summed E-state index contributed by atoms with van der Waals surface area (Å²) in [5, 5.41) is 8.61. The fraction of sp³-hybridized carbons (Fsp3) is 0.611. The molecule has 1 aromatic carbocycles. The number of hydrogen-bond acceptors (Lipinski definition) is 5. The van der Waals surface area contributed by atoms with Gasteiger partial charge >= 0.3 is 6.09 Å². The van der Waals surface area contributed by atoms with E-state index in [4.69, 9.17) is 19.3 Å². The van der Waals surface area contributed by atoms with Crippen LogP contribution in [0.5, 0.6) is 0 Å². The van der Waals surface area contributed by atoms with Gasteiger partial charge in [-0.25, -0.2) is 4.79 Å². The molecule has 0 aromatic heterocycles. The highest BCUT2D eigenvalue weighted by molar-refractivity contribution is 5.68. The van der Waals surface area contributed by atoms with Gasteiger partial charge in [0.25, 0.3) is 0 Å². The van der Waals surface area contributed by atoms with E-state index in [1.165, 1.54) is 0 Å². The van der Waals surface area contributed by atoms with E-state index >= 15 is 0 Å². The molecule has 6 nitrogen and oxygen atoms in total. The van der Waals surface area contributed by atoms with Crippen LogP contribution in [0.2, 0.25) is 0 Å². The summed E-state index contributed by atoms with van der Waals surface area (Å²) in [4.78, 5) is 14.0. The summed E-state index contributed by atoms with van der Waals surface area (Å²) >= 11 is 0. The molecule has 0 fully saturated rings. The molecule has 1 aromatic rings. The molecule has 0 saturated heterocycles. The van der Waals surface area contributed by atoms with Crippen LogP contribution in [0.1, 0.15) is 26.3 Å². The van der Waals surface area contributed by atoms with Crippen molar-refractivity contribution in [2.75, 3.05) is 39.6 Å². The number of ether oxygens (including phenoxy) is 3. The summed E-state index contributed by atoms with van der Waals surface area (Å²) in [5.41, 5.74) is 0.500. The summed E-state index contributed by atoms with van der Waals surface area (Å²) in [5.74, 6) is 0. The maximum absolute atomic E-state index is 12.4. The molecule has 0 unspecified atom stereocenters. The van der Waals surface area contributed by atoms with Gasteiger partial charge in [-0.2, -0.15) is 0 Å². The molecule has 0 aliphatic carbocycles. The summed E-state index contributed by atoms with van der Waals surface area (Å²) in [7, 11) is 0. The van der Waals surface area contributed by atoms with E-state index in [9.17, 15) is 4.79 Å². The Kier molecular flexibility index (Phi) is 9.37. The van der Waals surface area contributed by atoms with Crippen LogP contribution in [0.4, 0.5) is 4.79 Å². The van der Waals surface area contributed by atoms with E-state index in [1.54, 1.807) is 4.90 Å². The Labute approximate surface area is 144 Å². The molecular weight excluding hydrogens is 310 g/mol. The second-order valence-corrected chi connectivity index (χ2v) is 6.34. The first-order valence-electron chi connectivity index (χ1n) is 8.20. The third-order valence-corrected chi connectivity index (χ3v) is 2.98. The zero-order valence-corrected chi connectivity index (χ0v) is 14.9. The number of amides is 1. The predicted octanol–water partition coefficient (Wildman–Crippen LogP) is 2.45. The Bertz CT molecular complexity index is 458. The summed E-state index contributed by atoms with van der Waals surface area (Å²) in [6, 6.07) is 9.77. The normalized spacial score (nSPS) is 11.3. The molecule has 0 saturated carbocycles. The highest BCUT2D eigenvalue weighted by atomic mass is 16.6. The molecule has 6 heteroatoms. The molecule has 0 spiro atoms. The van der Waals surface area contributed by atoms with Gasteiger partial charge in [0.05, 0.1) is 33.0 Å². The average Bonchev–Trinajstić information content (AvgIpc) is 2.52. The lowest BCUT2D eigenvalue weighted by atomic mass is 10.2. The van der Waals surface area contributed by atoms with Crippen LogP contribution >= 0.6 is 0 Å². The molecule has 136 valence electrons. The highest BCUT2D eigenvalue weighted by Crippen LogP contribution is 2.12. The number of rotatable bonds is 10. The minimum Gasteiger partial charge on any atom is -0.444 e. The first-order valence-corrected chi connectivity index (χ1v) is 8.20. The van der Waals surface area contributed by atoms with Gasteiger partial charge in [-0.15, -0.1) is 0 Å². The van der Waals surface area contributed by atoms with Crippen LogP contribution in [0, 0.1) is 0 Å². The lowest BCUT2D eigenvalue weighted by Crippen LogP contribution is -2.38. The summed E-state index contributed by atoms with van der Waals surface area (Å²) in [6.07, 6.45) is -0.355. The third-order valence-electron chi connectivity index (χ3n) is 2.98. The third kappa shape index (κ3) is 9.50. The van der Waals surface area contributed by atoms with Crippen LogP contribution < -0.4 is 0 Å². The number of carbonyl (C=O) groups excluding carboxylic acids is 1. The number of aliphatic hydroxyl groups is 1. The van der Waals surface area contributed by atoms with Gasteiger partial charge in [-0.1, -0.05) is 30.3 Å². The van der Waals surface area contributed by atoms with Gasteiger partial charge < -0.3 is 24.2 Å². The number of hydrogen-bond donors (Lipinski definition) is 1. The minimum absolute atomic E-state index is 0.00347. The van der Waals surface area contributed by atoms with Crippen molar-refractivity contribution in [3.05, 3.63) is 35.9 Å². The van der Waals surface area contributed by atoms with Crippen molar-refractivity contribution in [2.24, 2.45) is 0 Å². The maximum Gasteiger partial charge on any atom is 0.410 e. The second-order valence-electron chi connectivity index (χ2n) is 6.34. The van der Waals surface area contributed by atoms with Crippen molar-refractivity contribution in [2.45, 2.75) is 32.9 Å². The van der Waals surface area contributed by atoms with Gasteiger partial charge in [-0.3, -0.25) is 0 Å². The van der Waals surface area contributed by atoms with Crippen molar-refractivity contribution in [3.8, 4) is 0 Å². The predicted molar refractivity (Wildman–Crippen MR) is 91.8 cm³/mol. The number of benzene rings is 1. The molecule has 1 rings (SSSR count). The Morgan fingerprint density at radius 2 is 1.67 bits per heavy atom. The Hall–Kier alpha value is -1.63. The minimum atomic E-state index is -0.537. The number of aliphatic hydroxyl groups excluding tert-OH is 1. The Balaban J connectivity index is 2.47. The smallest absolute Gasteiger partial charge is 0.410 e. The first-order chi connectivity index (χ1) is 11.4. The van der Waals surface area contributed by atoms with Gasteiger partial charge in [0.15, 0.2) is 0 Å². The van der Waals surface area contributed by atoms with Crippen LogP contribution in [0.25, 0.3) is 0 Å². The highest BCUT2D eigenvalue weighted by Gasteiger charge is 2.22. The molecule has 1 amide bonds. The Morgan fingerprint density at radius 3 is 2.25 bits per heavy atom. The SMILES string of the molecule is CC(C)(C)OC(=O)N(CCOCCOCCO)Cc1ccccc1. The molecule has 24 heavy (non-hydrogen) atoms. The molecular formula is C18H29NO5. The quantitative estimate of drug-likeness (QED) is 0.663. The fourth-order valence-corrected chi connectivity index (χ4v) is 1.93. The Morgan fingerprint density at radius 1 is 1.04 bits per heavy atom.